The van der Waals surface area contributed by atoms with Gasteiger partial charge in [0.2, 0.25) is 15.9 Å². The second kappa shape index (κ2) is 11.6. The lowest BCUT2D eigenvalue weighted by atomic mass is 9.97. The Kier molecular flexibility index (Phi) is 8.59. The Morgan fingerprint density at radius 2 is 1.74 bits per heavy atom. The highest BCUT2D eigenvalue weighted by molar-refractivity contribution is 9.10. The molecule has 0 saturated carbocycles. The molecular formula is C25H30BrN3O5S. The topological polar surface area (TPSA) is 105 Å². The number of nitrogens with zero attached hydrogens (tertiary/aromatic N) is 1. The molecule has 0 aliphatic carbocycles. The number of carbonyl (C=O) groups is 2. The largest absolute Gasteiger partial charge is 0.376 e. The molecule has 2 aliphatic heterocycles. The lowest BCUT2D eigenvalue weighted by molar-refractivity contribution is -0.120. The quantitative estimate of drug-likeness (QED) is 0.511. The van der Waals surface area contributed by atoms with Crippen molar-refractivity contribution in [2.24, 2.45) is 5.92 Å². The number of anilines is 1. The summed E-state index contributed by atoms with van der Waals surface area (Å²) < 4.78 is 33.6. The molecule has 188 valence electrons. The van der Waals surface area contributed by atoms with E-state index in [4.69, 9.17) is 4.74 Å². The first-order valence-electron chi connectivity index (χ1n) is 11.8. The number of piperidine rings is 1. The van der Waals surface area contributed by atoms with Crippen molar-refractivity contribution in [3.8, 4) is 0 Å². The minimum absolute atomic E-state index is 0.0333. The van der Waals surface area contributed by atoms with Crippen LogP contribution in [0.2, 0.25) is 0 Å². The zero-order chi connectivity index (χ0) is 24.8. The lowest BCUT2D eigenvalue weighted by Gasteiger charge is -2.30. The average molecular weight is 565 g/mol. The van der Waals surface area contributed by atoms with Crippen LogP contribution >= 0.6 is 15.9 Å². The van der Waals surface area contributed by atoms with Gasteiger partial charge in [-0.05, 0) is 55.5 Å². The first-order valence-corrected chi connectivity index (χ1v) is 14.2. The molecule has 2 aromatic carbocycles. The van der Waals surface area contributed by atoms with Crippen LogP contribution in [0.3, 0.4) is 0 Å². The summed E-state index contributed by atoms with van der Waals surface area (Å²) in [6.45, 7) is 1.74. The lowest BCUT2D eigenvalue weighted by Crippen LogP contribution is -2.42. The predicted molar refractivity (Wildman–Crippen MR) is 137 cm³/mol. The number of ether oxygens (including phenoxy) is 1. The summed E-state index contributed by atoms with van der Waals surface area (Å²) in [4.78, 5) is 25.7. The number of rotatable bonds is 8. The maximum absolute atomic E-state index is 13.0. The molecule has 1 atom stereocenters. The number of nitrogens with one attached hydrogen (secondary N) is 2. The first-order chi connectivity index (χ1) is 16.8. The fourth-order valence-electron chi connectivity index (χ4n) is 4.41. The van der Waals surface area contributed by atoms with Crippen molar-refractivity contribution in [1.82, 2.24) is 9.62 Å². The Bertz CT molecular complexity index is 1140. The van der Waals surface area contributed by atoms with Gasteiger partial charge in [0, 0.05) is 36.6 Å². The average Bonchev–Trinajstić information content (AvgIpc) is 3.38. The van der Waals surface area contributed by atoms with Crippen LogP contribution in [0.25, 0.3) is 0 Å². The number of para-hydroxylation sites is 1. The summed E-state index contributed by atoms with van der Waals surface area (Å²) in [7, 11) is -3.47. The predicted octanol–water partition coefficient (Wildman–Crippen LogP) is 3.54. The van der Waals surface area contributed by atoms with Crippen LogP contribution in [0.4, 0.5) is 5.69 Å². The summed E-state index contributed by atoms with van der Waals surface area (Å²) >= 11 is 3.35. The smallest absolute Gasteiger partial charge is 0.253 e. The molecular weight excluding hydrogens is 534 g/mol. The number of sulfonamides is 1. The van der Waals surface area contributed by atoms with Crippen LogP contribution in [0.5, 0.6) is 0 Å². The zero-order valence-corrected chi connectivity index (χ0v) is 21.8. The van der Waals surface area contributed by atoms with Gasteiger partial charge in [-0.2, -0.15) is 0 Å². The van der Waals surface area contributed by atoms with Crippen LogP contribution in [-0.4, -0.2) is 56.9 Å². The molecule has 0 radical (unpaired) electrons. The molecule has 2 aliphatic rings. The second-order valence-electron chi connectivity index (χ2n) is 8.94. The van der Waals surface area contributed by atoms with Crippen LogP contribution in [0, 0.1) is 5.92 Å². The van der Waals surface area contributed by atoms with Crippen molar-refractivity contribution in [1.29, 1.82) is 0 Å². The Labute approximate surface area is 214 Å². The molecule has 10 heteroatoms. The number of hydrogen-bond acceptors (Lipinski definition) is 5. The van der Waals surface area contributed by atoms with Gasteiger partial charge < -0.3 is 15.4 Å². The van der Waals surface area contributed by atoms with E-state index < -0.39 is 10.0 Å². The number of carbonyl (C=O) groups excluding carboxylic acids is 2. The monoisotopic (exact) mass is 563 g/mol. The molecule has 2 aromatic rings. The molecule has 2 fully saturated rings. The molecule has 35 heavy (non-hydrogen) atoms. The number of benzene rings is 2. The van der Waals surface area contributed by atoms with Crippen LogP contribution in [0.15, 0.2) is 53.0 Å². The molecule has 0 aromatic heterocycles. The van der Waals surface area contributed by atoms with Crippen molar-refractivity contribution >= 4 is 43.5 Å². The van der Waals surface area contributed by atoms with Crippen LogP contribution in [0.1, 0.15) is 41.6 Å². The maximum Gasteiger partial charge on any atom is 0.253 e. The summed E-state index contributed by atoms with van der Waals surface area (Å²) in [5, 5.41) is 5.77. The maximum atomic E-state index is 13.0. The number of halogens is 1. The highest BCUT2D eigenvalue weighted by atomic mass is 79.9. The van der Waals surface area contributed by atoms with Gasteiger partial charge in [0.15, 0.2) is 0 Å². The van der Waals surface area contributed by atoms with Crippen molar-refractivity contribution in [2.75, 3.05) is 31.6 Å². The van der Waals surface area contributed by atoms with Gasteiger partial charge in [-0.1, -0.05) is 40.2 Å². The van der Waals surface area contributed by atoms with Crippen LogP contribution in [-0.2, 0) is 25.3 Å². The Morgan fingerprint density at radius 3 is 2.43 bits per heavy atom. The molecule has 2 heterocycles. The van der Waals surface area contributed by atoms with Crippen molar-refractivity contribution < 1.29 is 22.7 Å². The van der Waals surface area contributed by atoms with Gasteiger partial charge in [0.1, 0.15) is 0 Å². The SMILES string of the molecule is O=C(NC[C@@H]1CCCO1)c1ccccc1NC(=O)C1CCN(S(=O)(=O)Cc2ccc(Br)cc2)CC1. The van der Waals surface area contributed by atoms with Gasteiger partial charge in [0.05, 0.1) is 23.1 Å². The van der Waals surface area contributed by atoms with Crippen LogP contribution < -0.4 is 10.6 Å². The van der Waals surface area contributed by atoms with E-state index in [1.54, 1.807) is 36.4 Å². The van der Waals surface area contributed by atoms with E-state index in [2.05, 4.69) is 26.6 Å². The standard InChI is InChI=1S/C25H30BrN3O5S/c26-20-9-7-18(8-10-20)17-35(32,33)29-13-11-19(12-14-29)24(30)28-23-6-2-1-5-22(23)25(31)27-16-21-4-3-15-34-21/h1-2,5-10,19,21H,3-4,11-17H2,(H,27,31)(H,28,30)/t21-/m0/s1. The minimum Gasteiger partial charge on any atom is -0.376 e. The third kappa shape index (κ3) is 6.91. The number of hydrogen-bond donors (Lipinski definition) is 2. The van der Waals surface area contributed by atoms with Gasteiger partial charge in [0.25, 0.3) is 5.91 Å². The minimum atomic E-state index is -3.47. The van der Waals surface area contributed by atoms with Crippen molar-refractivity contribution in [2.45, 2.75) is 37.5 Å². The highest BCUT2D eigenvalue weighted by Gasteiger charge is 2.31. The Hall–Kier alpha value is -2.27. The van der Waals surface area contributed by atoms with Gasteiger partial charge in [-0.15, -0.1) is 0 Å². The third-order valence-corrected chi connectivity index (χ3v) is 8.80. The molecule has 0 unspecified atom stereocenters. The van der Waals surface area contributed by atoms with Crippen molar-refractivity contribution in [3.63, 3.8) is 0 Å². The van der Waals surface area contributed by atoms with E-state index in [9.17, 15) is 18.0 Å². The van der Waals surface area contributed by atoms with E-state index in [1.165, 1.54) is 4.31 Å². The molecule has 2 N–H and O–H groups in total. The van der Waals surface area contributed by atoms with Gasteiger partial charge in [-0.25, -0.2) is 12.7 Å². The van der Waals surface area contributed by atoms with E-state index in [0.29, 0.717) is 43.7 Å². The summed E-state index contributed by atoms with van der Waals surface area (Å²) in [5.41, 5.74) is 1.57. The van der Waals surface area contributed by atoms with E-state index in [-0.39, 0.29) is 29.6 Å². The van der Waals surface area contributed by atoms with E-state index in [0.717, 1.165) is 29.5 Å². The normalized spacial score (nSPS) is 19.4. The molecule has 8 nitrogen and oxygen atoms in total. The Balaban J connectivity index is 1.31. The first kappa shape index (κ1) is 25.8. The second-order valence-corrected chi connectivity index (χ2v) is 11.8. The summed E-state index contributed by atoms with van der Waals surface area (Å²) in [6, 6.07) is 14.1. The fraction of sp³-hybridized carbons (Fsp3) is 0.440. The van der Waals surface area contributed by atoms with E-state index >= 15 is 0 Å². The fourth-order valence-corrected chi connectivity index (χ4v) is 6.24. The van der Waals surface area contributed by atoms with Crippen molar-refractivity contribution in [3.05, 3.63) is 64.1 Å². The van der Waals surface area contributed by atoms with E-state index in [1.807, 2.05) is 12.1 Å². The molecule has 0 spiro atoms. The molecule has 2 saturated heterocycles. The summed E-state index contributed by atoms with van der Waals surface area (Å²) in [6.07, 6.45) is 2.82. The zero-order valence-electron chi connectivity index (χ0n) is 19.4. The third-order valence-electron chi connectivity index (χ3n) is 6.42. The van der Waals surface area contributed by atoms with Gasteiger partial charge in [-0.3, -0.25) is 9.59 Å². The highest BCUT2D eigenvalue weighted by Crippen LogP contribution is 2.25. The molecule has 0 bridgehead atoms. The molecule has 2 amide bonds. The number of amides is 2. The summed E-state index contributed by atoms with van der Waals surface area (Å²) in [5.74, 6) is -0.845. The van der Waals surface area contributed by atoms with Gasteiger partial charge >= 0.3 is 0 Å². The Morgan fingerprint density at radius 1 is 1.03 bits per heavy atom. The molecule has 4 rings (SSSR count).